The Morgan fingerprint density at radius 2 is 2.33 bits per heavy atom. The molecule has 0 radical (unpaired) electrons. The second-order valence-corrected chi connectivity index (χ2v) is 5.24. The lowest BCUT2D eigenvalue weighted by atomic mass is 10.2. The molecular weight excluding hydrogens is 268 g/mol. The predicted molar refractivity (Wildman–Crippen MR) is 79.6 cm³/mol. The van der Waals surface area contributed by atoms with E-state index in [9.17, 15) is 0 Å². The number of hydrogen-bond acceptors (Lipinski definition) is 6. The molecule has 1 saturated heterocycles. The Hall–Kier alpha value is -1.92. The lowest BCUT2D eigenvalue weighted by Crippen LogP contribution is -2.39. The van der Waals surface area contributed by atoms with Crippen LogP contribution in [-0.4, -0.2) is 41.3 Å². The van der Waals surface area contributed by atoms with Crippen LogP contribution in [0.1, 0.15) is 25.3 Å². The fraction of sp³-hybridized carbons (Fsp3) is 0.467. The smallest absolute Gasteiger partial charge is 0.258 e. The fourth-order valence-electron chi connectivity index (χ4n) is 2.53. The van der Waals surface area contributed by atoms with Gasteiger partial charge in [0.25, 0.3) is 5.89 Å². The minimum atomic E-state index is -0.121. The van der Waals surface area contributed by atoms with E-state index in [1.807, 2.05) is 24.3 Å². The summed E-state index contributed by atoms with van der Waals surface area (Å²) in [5, 5.41) is 4.06. The number of nitrogens with two attached hydrogens (primary N) is 1. The van der Waals surface area contributed by atoms with E-state index in [1.165, 1.54) is 0 Å². The molecule has 0 bridgehead atoms. The number of hydrogen-bond donors (Lipinski definition) is 1. The maximum absolute atomic E-state index is 5.78. The van der Waals surface area contributed by atoms with Crippen LogP contribution in [0, 0.1) is 0 Å². The highest BCUT2D eigenvalue weighted by molar-refractivity contribution is 5.59. The highest BCUT2D eigenvalue weighted by atomic mass is 16.5. The first-order valence-electron chi connectivity index (χ1n) is 7.29. The zero-order valence-electron chi connectivity index (χ0n) is 12.2. The third-order valence-corrected chi connectivity index (χ3v) is 3.55. The lowest BCUT2D eigenvalue weighted by Gasteiger charge is -2.30. The van der Waals surface area contributed by atoms with Crippen molar-refractivity contribution in [2.45, 2.75) is 19.4 Å². The molecule has 112 valence electrons. The van der Waals surface area contributed by atoms with Gasteiger partial charge in [0.2, 0.25) is 5.82 Å². The van der Waals surface area contributed by atoms with E-state index in [0.29, 0.717) is 24.0 Å². The van der Waals surface area contributed by atoms with Gasteiger partial charge in [-0.25, -0.2) is 0 Å². The van der Waals surface area contributed by atoms with Crippen molar-refractivity contribution in [3.63, 3.8) is 0 Å². The van der Waals surface area contributed by atoms with Crippen LogP contribution in [-0.2, 0) is 4.74 Å². The molecule has 6 nitrogen and oxygen atoms in total. The average molecular weight is 288 g/mol. The third-order valence-electron chi connectivity index (χ3n) is 3.55. The Morgan fingerprint density at radius 1 is 1.43 bits per heavy atom. The summed E-state index contributed by atoms with van der Waals surface area (Å²) < 4.78 is 11.1. The van der Waals surface area contributed by atoms with Crippen molar-refractivity contribution in [2.75, 3.05) is 32.0 Å². The Labute approximate surface area is 123 Å². The largest absolute Gasteiger partial charge is 0.399 e. The van der Waals surface area contributed by atoms with Gasteiger partial charge in [-0.05, 0) is 31.2 Å². The highest BCUT2D eigenvalue weighted by Crippen LogP contribution is 2.24. The molecule has 1 fully saturated rings. The molecule has 1 aromatic carbocycles. The quantitative estimate of drug-likeness (QED) is 0.868. The first kappa shape index (κ1) is 14.0. The van der Waals surface area contributed by atoms with E-state index in [-0.39, 0.29) is 6.10 Å². The summed E-state index contributed by atoms with van der Waals surface area (Å²) in [6.45, 7) is 5.72. The molecule has 1 aliphatic heterocycles. The van der Waals surface area contributed by atoms with Crippen LogP contribution in [0.3, 0.4) is 0 Å². The monoisotopic (exact) mass is 288 g/mol. The van der Waals surface area contributed by atoms with Gasteiger partial charge in [-0.2, -0.15) is 4.98 Å². The van der Waals surface area contributed by atoms with Crippen LogP contribution in [0.4, 0.5) is 5.69 Å². The molecular formula is C15H20N4O2. The molecule has 2 N–H and O–H groups in total. The van der Waals surface area contributed by atoms with E-state index >= 15 is 0 Å². The summed E-state index contributed by atoms with van der Waals surface area (Å²) in [7, 11) is 0. The molecule has 21 heavy (non-hydrogen) atoms. The molecule has 1 atom stereocenters. The molecule has 2 aromatic rings. The van der Waals surface area contributed by atoms with Crippen LogP contribution in [0.25, 0.3) is 11.5 Å². The van der Waals surface area contributed by atoms with Crippen molar-refractivity contribution in [1.29, 1.82) is 0 Å². The van der Waals surface area contributed by atoms with Crippen molar-refractivity contribution >= 4 is 5.69 Å². The summed E-state index contributed by atoms with van der Waals surface area (Å²) >= 11 is 0. The predicted octanol–water partition coefficient (Wildman–Crippen LogP) is 2.10. The van der Waals surface area contributed by atoms with Crippen molar-refractivity contribution in [3.8, 4) is 11.5 Å². The fourth-order valence-corrected chi connectivity index (χ4v) is 2.53. The van der Waals surface area contributed by atoms with Gasteiger partial charge >= 0.3 is 0 Å². The number of morpholine rings is 1. The van der Waals surface area contributed by atoms with Crippen molar-refractivity contribution < 1.29 is 9.26 Å². The van der Waals surface area contributed by atoms with Crippen molar-refractivity contribution in [3.05, 3.63) is 30.1 Å². The van der Waals surface area contributed by atoms with Gasteiger partial charge in [0.05, 0.1) is 6.61 Å². The zero-order valence-corrected chi connectivity index (χ0v) is 12.2. The Morgan fingerprint density at radius 3 is 3.14 bits per heavy atom. The first-order valence-corrected chi connectivity index (χ1v) is 7.29. The number of nitrogen functional groups attached to an aromatic ring is 1. The summed E-state index contributed by atoms with van der Waals surface area (Å²) in [4.78, 5) is 6.82. The minimum Gasteiger partial charge on any atom is -0.399 e. The number of benzene rings is 1. The summed E-state index contributed by atoms with van der Waals surface area (Å²) in [6, 6.07) is 7.42. The van der Waals surface area contributed by atoms with Gasteiger partial charge in [-0.1, -0.05) is 18.1 Å². The van der Waals surface area contributed by atoms with Gasteiger partial charge in [0.1, 0.15) is 6.10 Å². The molecule has 1 aliphatic rings. The molecule has 2 heterocycles. The molecule has 1 unspecified atom stereocenters. The minimum absolute atomic E-state index is 0.121. The number of rotatable bonds is 4. The Kier molecular flexibility index (Phi) is 4.17. The van der Waals surface area contributed by atoms with Gasteiger partial charge < -0.3 is 15.0 Å². The molecule has 0 saturated carbocycles. The molecule has 3 rings (SSSR count). The van der Waals surface area contributed by atoms with Crippen LogP contribution in [0.2, 0.25) is 0 Å². The normalized spacial score (nSPS) is 19.8. The number of nitrogens with zero attached hydrogens (tertiary/aromatic N) is 3. The van der Waals surface area contributed by atoms with Crippen molar-refractivity contribution in [2.24, 2.45) is 0 Å². The Bertz CT molecular complexity index is 597. The second kappa shape index (κ2) is 6.24. The van der Waals surface area contributed by atoms with Crippen LogP contribution in [0.15, 0.2) is 28.8 Å². The second-order valence-electron chi connectivity index (χ2n) is 5.24. The van der Waals surface area contributed by atoms with E-state index in [2.05, 4.69) is 22.0 Å². The third kappa shape index (κ3) is 3.22. The summed E-state index contributed by atoms with van der Waals surface area (Å²) in [5.41, 5.74) is 7.28. The van der Waals surface area contributed by atoms with Gasteiger partial charge in [0.15, 0.2) is 0 Å². The highest BCUT2D eigenvalue weighted by Gasteiger charge is 2.26. The van der Waals surface area contributed by atoms with E-state index < -0.39 is 0 Å². The average Bonchev–Trinajstić information content (AvgIpc) is 2.98. The maximum atomic E-state index is 5.78. The number of anilines is 1. The van der Waals surface area contributed by atoms with Gasteiger partial charge in [-0.15, -0.1) is 0 Å². The molecule has 0 spiro atoms. The number of ether oxygens (including phenoxy) is 1. The topological polar surface area (TPSA) is 77.4 Å². The van der Waals surface area contributed by atoms with Crippen LogP contribution >= 0.6 is 0 Å². The van der Waals surface area contributed by atoms with Gasteiger partial charge in [-0.3, -0.25) is 4.90 Å². The summed E-state index contributed by atoms with van der Waals surface area (Å²) in [5.74, 6) is 1.08. The van der Waals surface area contributed by atoms with E-state index in [4.69, 9.17) is 15.0 Å². The first-order chi connectivity index (χ1) is 10.3. The summed E-state index contributed by atoms with van der Waals surface area (Å²) in [6.07, 6.45) is 1.01. The maximum Gasteiger partial charge on any atom is 0.258 e. The Balaban J connectivity index is 1.75. The van der Waals surface area contributed by atoms with Crippen molar-refractivity contribution in [1.82, 2.24) is 15.0 Å². The van der Waals surface area contributed by atoms with Crippen LogP contribution < -0.4 is 5.73 Å². The molecule has 0 amide bonds. The zero-order chi connectivity index (χ0) is 14.7. The van der Waals surface area contributed by atoms with Crippen LogP contribution in [0.5, 0.6) is 0 Å². The number of aromatic nitrogens is 2. The van der Waals surface area contributed by atoms with E-state index in [0.717, 1.165) is 31.6 Å². The molecule has 1 aromatic heterocycles. The standard InChI is InChI=1S/C15H20N4O2/c1-2-6-19-7-8-20-13(10-19)14-17-15(21-18-14)11-4-3-5-12(16)9-11/h3-5,9,13H,2,6-8,10,16H2,1H3. The van der Waals surface area contributed by atoms with Gasteiger partial charge in [0, 0.05) is 24.3 Å². The lowest BCUT2D eigenvalue weighted by molar-refractivity contribution is -0.0350. The molecule has 6 heteroatoms. The SMILES string of the molecule is CCCN1CCOC(c2noc(-c3cccc(N)c3)n2)C1. The van der Waals surface area contributed by atoms with E-state index in [1.54, 1.807) is 0 Å². The molecule has 0 aliphatic carbocycles.